The fourth-order valence-electron chi connectivity index (χ4n) is 1.13. The Morgan fingerprint density at radius 1 is 1.55 bits per heavy atom. The van der Waals surface area contributed by atoms with Crippen LogP contribution in [0.5, 0.6) is 0 Å². The molecular weight excluding hydrogens is 136 g/mol. The summed E-state index contributed by atoms with van der Waals surface area (Å²) in [5.74, 6) is 1.06. The second kappa shape index (κ2) is 5.03. The minimum Gasteiger partial charge on any atom is -0.490 e. The standard InChI is InChI=1S/C10H16O/c1-2-9-11-10-7-5-3-4-6-8-10/h5H,2-4,6,8-9H2,1H3. The van der Waals surface area contributed by atoms with E-state index in [9.17, 15) is 0 Å². The minimum absolute atomic E-state index is 0.843. The summed E-state index contributed by atoms with van der Waals surface area (Å²) in [6.07, 6.45) is 7.97. The molecule has 0 N–H and O–H groups in total. The first-order chi connectivity index (χ1) is 5.43. The summed E-state index contributed by atoms with van der Waals surface area (Å²) >= 11 is 0. The molecule has 1 nitrogen and oxygen atoms in total. The van der Waals surface area contributed by atoms with Crippen LogP contribution in [0.3, 0.4) is 0 Å². The van der Waals surface area contributed by atoms with Crippen molar-refractivity contribution in [3.05, 3.63) is 17.6 Å². The maximum Gasteiger partial charge on any atom is 0.138 e. The van der Waals surface area contributed by atoms with Crippen LogP contribution < -0.4 is 0 Å². The molecule has 0 amide bonds. The van der Waals surface area contributed by atoms with Crippen LogP contribution in [0.1, 0.15) is 39.0 Å². The van der Waals surface area contributed by atoms with Crippen LogP contribution in [0.2, 0.25) is 0 Å². The van der Waals surface area contributed by atoms with Crippen molar-refractivity contribution in [1.82, 2.24) is 0 Å². The van der Waals surface area contributed by atoms with E-state index in [2.05, 4.69) is 18.7 Å². The van der Waals surface area contributed by atoms with Gasteiger partial charge in [-0.1, -0.05) is 12.7 Å². The van der Waals surface area contributed by atoms with E-state index in [1.165, 1.54) is 19.3 Å². The molecule has 0 bridgehead atoms. The van der Waals surface area contributed by atoms with E-state index < -0.39 is 0 Å². The van der Waals surface area contributed by atoms with Crippen molar-refractivity contribution in [2.24, 2.45) is 0 Å². The Morgan fingerprint density at radius 3 is 3.27 bits per heavy atom. The van der Waals surface area contributed by atoms with E-state index >= 15 is 0 Å². The van der Waals surface area contributed by atoms with Gasteiger partial charge in [-0.3, -0.25) is 0 Å². The Morgan fingerprint density at radius 2 is 2.45 bits per heavy atom. The van der Waals surface area contributed by atoms with E-state index in [1.807, 2.05) is 0 Å². The molecule has 0 atom stereocenters. The van der Waals surface area contributed by atoms with Gasteiger partial charge in [0.05, 0.1) is 6.61 Å². The van der Waals surface area contributed by atoms with Gasteiger partial charge in [-0.2, -0.15) is 0 Å². The third-order valence-corrected chi connectivity index (χ3v) is 1.75. The Balaban J connectivity index is 2.35. The van der Waals surface area contributed by atoms with Crippen LogP contribution in [-0.4, -0.2) is 6.61 Å². The first kappa shape index (κ1) is 8.42. The van der Waals surface area contributed by atoms with Gasteiger partial charge in [0.25, 0.3) is 0 Å². The lowest BCUT2D eigenvalue weighted by Crippen LogP contribution is -1.92. The van der Waals surface area contributed by atoms with Gasteiger partial charge >= 0.3 is 0 Å². The number of hydrogen-bond donors (Lipinski definition) is 0. The molecule has 0 aromatic rings. The van der Waals surface area contributed by atoms with Crippen molar-refractivity contribution in [3.8, 4) is 0 Å². The summed E-state index contributed by atoms with van der Waals surface area (Å²) in [5.41, 5.74) is 3.19. The molecule has 0 spiro atoms. The molecule has 1 heteroatoms. The predicted octanol–water partition coefficient (Wildman–Crippen LogP) is 3.03. The van der Waals surface area contributed by atoms with Crippen LogP contribution >= 0.6 is 0 Å². The molecule has 0 aromatic heterocycles. The zero-order valence-electron chi connectivity index (χ0n) is 7.23. The fraction of sp³-hybridized carbons (Fsp3) is 0.700. The van der Waals surface area contributed by atoms with Gasteiger partial charge < -0.3 is 4.74 Å². The minimum atomic E-state index is 0.843. The largest absolute Gasteiger partial charge is 0.490 e. The number of ether oxygens (including phenoxy) is 1. The average molecular weight is 152 g/mol. The third kappa shape index (κ3) is 3.29. The normalized spacial score (nSPS) is 17.4. The average Bonchev–Trinajstić information content (AvgIpc) is 2.28. The zero-order chi connectivity index (χ0) is 7.94. The summed E-state index contributed by atoms with van der Waals surface area (Å²) in [7, 11) is 0. The Labute approximate surface area is 68.8 Å². The Kier molecular flexibility index (Phi) is 3.85. The molecule has 1 aliphatic rings. The highest BCUT2D eigenvalue weighted by atomic mass is 16.5. The molecule has 0 unspecified atom stereocenters. The van der Waals surface area contributed by atoms with Gasteiger partial charge in [-0.25, -0.2) is 0 Å². The van der Waals surface area contributed by atoms with E-state index in [4.69, 9.17) is 4.74 Å². The molecule has 11 heavy (non-hydrogen) atoms. The van der Waals surface area contributed by atoms with Gasteiger partial charge in [-0.15, -0.1) is 0 Å². The first-order valence-electron chi connectivity index (χ1n) is 4.50. The van der Waals surface area contributed by atoms with E-state index in [0.717, 1.165) is 25.2 Å². The quantitative estimate of drug-likeness (QED) is 0.565. The van der Waals surface area contributed by atoms with Gasteiger partial charge in [0.15, 0.2) is 0 Å². The van der Waals surface area contributed by atoms with Gasteiger partial charge in [0.1, 0.15) is 5.76 Å². The topological polar surface area (TPSA) is 9.23 Å². The highest BCUT2D eigenvalue weighted by Crippen LogP contribution is 2.13. The monoisotopic (exact) mass is 152 g/mol. The number of rotatable bonds is 3. The summed E-state index contributed by atoms with van der Waals surface area (Å²) in [5, 5.41) is 0. The number of allylic oxidation sites excluding steroid dienone is 1. The molecule has 62 valence electrons. The second-order valence-electron chi connectivity index (χ2n) is 2.87. The fourth-order valence-corrected chi connectivity index (χ4v) is 1.13. The molecule has 0 aliphatic heterocycles. The molecule has 0 saturated heterocycles. The van der Waals surface area contributed by atoms with E-state index in [-0.39, 0.29) is 0 Å². The van der Waals surface area contributed by atoms with Crippen molar-refractivity contribution in [2.75, 3.05) is 6.61 Å². The second-order valence-corrected chi connectivity index (χ2v) is 2.87. The maximum atomic E-state index is 5.49. The lowest BCUT2D eigenvalue weighted by Gasteiger charge is -2.04. The summed E-state index contributed by atoms with van der Waals surface area (Å²) in [6, 6.07) is 0. The smallest absolute Gasteiger partial charge is 0.138 e. The lowest BCUT2D eigenvalue weighted by atomic mass is 10.2. The van der Waals surface area contributed by atoms with Gasteiger partial charge in [-0.05, 0) is 31.8 Å². The summed E-state index contributed by atoms with van der Waals surface area (Å²) in [4.78, 5) is 0. The molecule has 0 fully saturated rings. The van der Waals surface area contributed by atoms with Crippen LogP contribution in [0.25, 0.3) is 0 Å². The maximum absolute atomic E-state index is 5.49. The van der Waals surface area contributed by atoms with Crippen LogP contribution in [-0.2, 0) is 4.74 Å². The Bertz CT molecular complexity index is 164. The zero-order valence-corrected chi connectivity index (χ0v) is 7.23. The van der Waals surface area contributed by atoms with Crippen LogP contribution in [0, 0.1) is 0 Å². The third-order valence-electron chi connectivity index (χ3n) is 1.75. The summed E-state index contributed by atoms with van der Waals surface area (Å²) in [6.45, 7) is 2.97. The van der Waals surface area contributed by atoms with E-state index in [0.29, 0.717) is 0 Å². The number of hydrogen-bond acceptors (Lipinski definition) is 1. The SMILES string of the molecule is CCCOC1=C=CCCCC1. The Hall–Kier alpha value is -0.680. The van der Waals surface area contributed by atoms with Crippen LogP contribution in [0.15, 0.2) is 17.6 Å². The predicted molar refractivity (Wildman–Crippen MR) is 46.3 cm³/mol. The van der Waals surface area contributed by atoms with Gasteiger partial charge in [0, 0.05) is 6.42 Å². The molecule has 0 heterocycles. The van der Waals surface area contributed by atoms with Crippen LogP contribution in [0.4, 0.5) is 0 Å². The van der Waals surface area contributed by atoms with E-state index in [1.54, 1.807) is 0 Å². The van der Waals surface area contributed by atoms with Crippen molar-refractivity contribution in [3.63, 3.8) is 0 Å². The molecular formula is C10H16O. The van der Waals surface area contributed by atoms with Gasteiger partial charge in [0.2, 0.25) is 0 Å². The van der Waals surface area contributed by atoms with Crippen molar-refractivity contribution >= 4 is 0 Å². The molecule has 0 radical (unpaired) electrons. The molecule has 1 rings (SSSR count). The lowest BCUT2D eigenvalue weighted by molar-refractivity contribution is 0.202. The molecule has 0 aromatic carbocycles. The summed E-state index contributed by atoms with van der Waals surface area (Å²) < 4.78 is 5.49. The molecule has 0 saturated carbocycles. The van der Waals surface area contributed by atoms with Crippen molar-refractivity contribution in [1.29, 1.82) is 0 Å². The van der Waals surface area contributed by atoms with Crippen molar-refractivity contribution in [2.45, 2.75) is 39.0 Å². The highest BCUT2D eigenvalue weighted by molar-refractivity contribution is 4.96. The molecule has 1 aliphatic carbocycles. The first-order valence-corrected chi connectivity index (χ1v) is 4.50. The van der Waals surface area contributed by atoms with Crippen molar-refractivity contribution < 1.29 is 4.74 Å². The highest BCUT2D eigenvalue weighted by Gasteiger charge is 1.99.